The van der Waals surface area contributed by atoms with Crippen LogP contribution in [0.4, 0.5) is 5.82 Å². The zero-order valence-corrected chi connectivity index (χ0v) is 18.0. The predicted molar refractivity (Wildman–Crippen MR) is 120 cm³/mol. The van der Waals surface area contributed by atoms with Crippen LogP contribution < -0.4 is 15.4 Å². The van der Waals surface area contributed by atoms with E-state index in [2.05, 4.69) is 32.2 Å². The molecule has 8 heteroatoms. The minimum atomic E-state index is 0.140. The Morgan fingerprint density at radius 1 is 1.00 bits per heavy atom. The summed E-state index contributed by atoms with van der Waals surface area (Å²) in [6.07, 6.45) is 6.47. The second-order valence-electron chi connectivity index (χ2n) is 8.34. The van der Waals surface area contributed by atoms with E-state index in [1.54, 1.807) is 25.4 Å². The van der Waals surface area contributed by atoms with Gasteiger partial charge >= 0.3 is 0 Å². The van der Waals surface area contributed by atoms with Crippen molar-refractivity contribution in [3.63, 3.8) is 0 Å². The summed E-state index contributed by atoms with van der Waals surface area (Å²) in [6, 6.07) is 11.0. The van der Waals surface area contributed by atoms with E-state index in [1.807, 2.05) is 24.3 Å². The highest BCUT2D eigenvalue weighted by Crippen LogP contribution is 2.33. The maximum absolute atomic E-state index is 10.5. The Morgan fingerprint density at radius 3 is 2.32 bits per heavy atom. The Hall–Kier alpha value is -3.26. The summed E-state index contributed by atoms with van der Waals surface area (Å²) in [5.74, 6) is 1.45. The van der Waals surface area contributed by atoms with E-state index in [1.165, 1.54) is 25.7 Å². The molecule has 1 saturated carbocycles. The quantitative estimate of drug-likeness (QED) is 0.661. The first kappa shape index (κ1) is 21.0. The molecule has 8 nitrogen and oxygen atoms in total. The Balaban J connectivity index is 0.000000407. The first-order chi connectivity index (χ1) is 14.9. The zero-order valence-electron chi connectivity index (χ0n) is 18.0. The van der Waals surface area contributed by atoms with Crippen LogP contribution in [0.2, 0.25) is 0 Å². The van der Waals surface area contributed by atoms with Crippen molar-refractivity contribution in [2.75, 3.05) is 25.1 Å². The number of phenols is 1. The largest absolute Gasteiger partial charge is 0.507 e. The van der Waals surface area contributed by atoms with Gasteiger partial charge in [-0.25, -0.2) is 0 Å². The maximum Gasteiger partial charge on any atom is 0.233 e. The van der Waals surface area contributed by atoms with Crippen LogP contribution in [0.3, 0.4) is 0 Å². The number of methoxy groups -OCH3 is 1. The van der Waals surface area contributed by atoms with Crippen molar-refractivity contribution in [2.45, 2.75) is 38.1 Å². The molecule has 31 heavy (non-hydrogen) atoms. The summed E-state index contributed by atoms with van der Waals surface area (Å²) in [5.41, 5.74) is 8.63. The first-order valence-corrected chi connectivity index (χ1v) is 10.5. The summed E-state index contributed by atoms with van der Waals surface area (Å²) in [5, 5.41) is 26.8. The molecule has 1 aliphatic carbocycles. The van der Waals surface area contributed by atoms with Crippen LogP contribution in [0.15, 0.2) is 42.6 Å². The molecule has 0 unspecified atom stereocenters. The highest BCUT2D eigenvalue weighted by molar-refractivity contribution is 5.74. The Kier molecular flexibility index (Phi) is 5.99. The molecular formula is C23H28N6O2. The summed E-state index contributed by atoms with van der Waals surface area (Å²) in [4.78, 5) is 2.23. The lowest BCUT2D eigenvalue weighted by Crippen LogP contribution is -2.19. The number of benzene rings is 1. The molecule has 3 heterocycles. The third kappa shape index (κ3) is 5.27. The Labute approximate surface area is 182 Å². The number of hydrogen-bond acceptors (Lipinski definition) is 8. The van der Waals surface area contributed by atoms with Gasteiger partial charge in [0.25, 0.3) is 0 Å². The van der Waals surface area contributed by atoms with Crippen LogP contribution in [0.25, 0.3) is 22.4 Å². The fourth-order valence-corrected chi connectivity index (χ4v) is 3.31. The van der Waals surface area contributed by atoms with Gasteiger partial charge in [-0.15, -0.1) is 15.3 Å². The number of phenolic OH excluding ortho intramolecular Hbond substituents is 1. The number of anilines is 1. The maximum atomic E-state index is 10.5. The Morgan fingerprint density at radius 2 is 1.74 bits per heavy atom. The van der Waals surface area contributed by atoms with Crippen LogP contribution in [0.5, 0.6) is 11.6 Å². The monoisotopic (exact) mass is 420 g/mol. The highest BCUT2D eigenvalue weighted by atomic mass is 16.5. The fourth-order valence-electron chi connectivity index (χ4n) is 3.31. The molecule has 2 fully saturated rings. The molecular weight excluding hydrogens is 392 g/mol. The topological polar surface area (TPSA) is 110 Å². The molecule has 3 aromatic rings. The number of ether oxygens (including phenoxy) is 1. The summed E-state index contributed by atoms with van der Waals surface area (Å²) in [7, 11) is 1.54. The molecule has 1 aromatic carbocycles. The van der Waals surface area contributed by atoms with Crippen molar-refractivity contribution >= 4 is 5.82 Å². The third-order valence-corrected chi connectivity index (χ3v) is 5.57. The van der Waals surface area contributed by atoms with E-state index in [-0.39, 0.29) is 11.3 Å². The molecule has 3 N–H and O–H groups in total. The summed E-state index contributed by atoms with van der Waals surface area (Å²) in [6.45, 7) is 4.13. The van der Waals surface area contributed by atoms with E-state index in [0.29, 0.717) is 17.1 Å². The molecule has 0 bridgehead atoms. The third-order valence-electron chi connectivity index (χ3n) is 5.57. The summed E-state index contributed by atoms with van der Waals surface area (Å²) >= 11 is 0. The zero-order chi connectivity index (χ0) is 21.8. The second kappa shape index (κ2) is 8.85. The molecule has 2 aromatic heterocycles. The van der Waals surface area contributed by atoms with Gasteiger partial charge in [-0.3, -0.25) is 0 Å². The smallest absolute Gasteiger partial charge is 0.233 e. The number of nitrogens with two attached hydrogens (primary N) is 1. The van der Waals surface area contributed by atoms with Crippen molar-refractivity contribution in [1.29, 1.82) is 0 Å². The van der Waals surface area contributed by atoms with E-state index in [4.69, 9.17) is 10.5 Å². The standard InChI is InChI=1S/C19H19N5O2.C4H9N/c1-26-19-11-14(12-20-23-19)13-4-5-15(17(25)10-13)16-6-7-18(22-21-16)24-8-2-3-9-24;1-4(5)2-3-4/h4-7,10-12,25H,2-3,8-9H2,1H3;2-3,5H2,1H3. The van der Waals surface area contributed by atoms with Crippen LogP contribution >= 0.6 is 0 Å². The van der Waals surface area contributed by atoms with Gasteiger partial charge in [-0.2, -0.15) is 5.10 Å². The molecule has 1 aliphatic heterocycles. The first-order valence-electron chi connectivity index (χ1n) is 10.5. The van der Waals surface area contributed by atoms with Crippen molar-refractivity contribution in [3.05, 3.63) is 42.6 Å². The van der Waals surface area contributed by atoms with Gasteiger partial charge in [-0.1, -0.05) is 6.07 Å². The van der Waals surface area contributed by atoms with Crippen molar-refractivity contribution in [1.82, 2.24) is 20.4 Å². The van der Waals surface area contributed by atoms with E-state index < -0.39 is 0 Å². The lowest BCUT2D eigenvalue weighted by atomic mass is 10.0. The van der Waals surface area contributed by atoms with E-state index in [0.717, 1.165) is 30.0 Å². The van der Waals surface area contributed by atoms with Gasteiger partial charge in [0.1, 0.15) is 5.75 Å². The van der Waals surface area contributed by atoms with Gasteiger partial charge in [0.2, 0.25) is 5.88 Å². The van der Waals surface area contributed by atoms with Gasteiger partial charge in [0.15, 0.2) is 5.82 Å². The average Bonchev–Trinajstić information content (AvgIpc) is 3.25. The van der Waals surface area contributed by atoms with Crippen molar-refractivity contribution in [2.24, 2.45) is 5.73 Å². The van der Waals surface area contributed by atoms with Gasteiger partial charge in [0, 0.05) is 35.8 Å². The van der Waals surface area contributed by atoms with E-state index >= 15 is 0 Å². The van der Waals surface area contributed by atoms with Gasteiger partial charge < -0.3 is 20.5 Å². The van der Waals surface area contributed by atoms with Crippen LogP contribution in [0.1, 0.15) is 32.6 Å². The highest BCUT2D eigenvalue weighted by Gasteiger charge is 2.31. The van der Waals surface area contributed by atoms with Crippen molar-refractivity contribution < 1.29 is 9.84 Å². The number of rotatable bonds is 4. The number of hydrogen-bond donors (Lipinski definition) is 2. The summed E-state index contributed by atoms with van der Waals surface area (Å²) < 4.78 is 5.09. The molecule has 0 radical (unpaired) electrons. The molecule has 162 valence electrons. The molecule has 5 rings (SSSR count). The normalized spacial score (nSPS) is 16.4. The minimum absolute atomic E-state index is 0.140. The lowest BCUT2D eigenvalue weighted by molar-refractivity contribution is 0.392. The number of nitrogens with zero attached hydrogens (tertiary/aromatic N) is 5. The molecule has 0 amide bonds. The number of aromatic nitrogens is 4. The fraction of sp³-hybridized carbons (Fsp3) is 0.391. The predicted octanol–water partition coefficient (Wildman–Crippen LogP) is 3.41. The SMILES string of the molecule is CC1(N)CC1.COc1cc(-c2ccc(-c3ccc(N4CCCC4)nn3)c(O)c2)cnn1. The lowest BCUT2D eigenvalue weighted by Gasteiger charge is -2.15. The second-order valence-corrected chi connectivity index (χ2v) is 8.34. The van der Waals surface area contributed by atoms with Crippen molar-refractivity contribution in [3.8, 4) is 34.0 Å². The average molecular weight is 421 g/mol. The van der Waals surface area contributed by atoms with Crippen LogP contribution in [-0.2, 0) is 0 Å². The molecule has 0 spiro atoms. The Bertz CT molecular complexity index is 1030. The minimum Gasteiger partial charge on any atom is -0.507 e. The van der Waals surface area contributed by atoms with E-state index in [9.17, 15) is 5.11 Å². The van der Waals surface area contributed by atoms with Gasteiger partial charge in [-0.05, 0) is 62.4 Å². The van der Waals surface area contributed by atoms with Crippen LogP contribution in [-0.4, -0.2) is 51.2 Å². The number of aromatic hydroxyl groups is 1. The molecule has 2 aliphatic rings. The molecule has 1 saturated heterocycles. The van der Waals surface area contributed by atoms with Gasteiger partial charge in [0.05, 0.1) is 19.0 Å². The molecule has 0 atom stereocenters. The van der Waals surface area contributed by atoms with Crippen LogP contribution in [0, 0.1) is 0 Å².